The van der Waals surface area contributed by atoms with Gasteiger partial charge in [0.15, 0.2) is 0 Å². The van der Waals surface area contributed by atoms with Gasteiger partial charge in [0.25, 0.3) is 0 Å². The zero-order chi connectivity index (χ0) is 14.3. The summed E-state index contributed by atoms with van der Waals surface area (Å²) in [6.45, 7) is 0. The number of carbonyl (C=O) groups is 1. The summed E-state index contributed by atoms with van der Waals surface area (Å²) in [4.78, 5) is 12.3. The van der Waals surface area contributed by atoms with Gasteiger partial charge in [-0.25, -0.2) is 13.1 Å². The fraction of sp³-hybridized carbons (Fsp3) is 0.500. The number of carbonyl (C=O) groups excluding carboxylic acids is 1. The second-order valence-corrected chi connectivity index (χ2v) is 7.54. The van der Waals surface area contributed by atoms with Gasteiger partial charge in [-0.15, -0.1) is 0 Å². The van der Waals surface area contributed by atoms with Crippen LogP contribution >= 0.6 is 0 Å². The summed E-state index contributed by atoms with van der Waals surface area (Å²) in [5.41, 5.74) is 0.534. The highest BCUT2D eigenvalue weighted by Crippen LogP contribution is 2.54. The number of nitrogens with one attached hydrogen (secondary N) is 2. The van der Waals surface area contributed by atoms with Crippen molar-refractivity contribution in [1.82, 2.24) is 4.72 Å². The highest BCUT2D eigenvalue weighted by atomic mass is 32.2. The van der Waals surface area contributed by atoms with Gasteiger partial charge in [-0.2, -0.15) is 0 Å². The molecule has 2 aliphatic carbocycles. The number of fused-ring (bicyclic) bond motifs is 1. The first-order valence-corrected chi connectivity index (χ1v) is 8.32. The molecule has 6 heteroatoms. The zero-order valence-electron chi connectivity index (χ0n) is 11.3. The molecule has 5 nitrogen and oxygen atoms in total. The lowest BCUT2D eigenvalue weighted by atomic mass is 10.0. The van der Waals surface area contributed by atoms with Crippen LogP contribution in [-0.4, -0.2) is 21.4 Å². The molecule has 0 aromatic heterocycles. The molecule has 0 aliphatic heterocycles. The van der Waals surface area contributed by atoms with Gasteiger partial charge in [-0.05, 0) is 56.3 Å². The lowest BCUT2D eigenvalue weighted by Gasteiger charge is -2.13. The number of benzene rings is 1. The summed E-state index contributed by atoms with van der Waals surface area (Å²) in [7, 11) is -2.11. The van der Waals surface area contributed by atoms with Crippen LogP contribution in [0.3, 0.4) is 0 Å². The highest BCUT2D eigenvalue weighted by molar-refractivity contribution is 7.89. The zero-order valence-corrected chi connectivity index (χ0v) is 12.1. The van der Waals surface area contributed by atoms with Crippen molar-refractivity contribution in [2.45, 2.75) is 24.2 Å². The topological polar surface area (TPSA) is 75.3 Å². The van der Waals surface area contributed by atoms with E-state index in [1.165, 1.54) is 25.6 Å². The minimum absolute atomic E-state index is 0.0104. The predicted molar refractivity (Wildman–Crippen MR) is 75.6 cm³/mol. The Kier molecular flexibility index (Phi) is 3.30. The van der Waals surface area contributed by atoms with Crippen LogP contribution in [0.1, 0.15) is 19.3 Å². The molecule has 0 spiro atoms. The average molecular weight is 294 g/mol. The van der Waals surface area contributed by atoms with Gasteiger partial charge in [-0.1, -0.05) is 6.07 Å². The summed E-state index contributed by atoms with van der Waals surface area (Å²) in [6, 6.07) is 6.33. The third kappa shape index (κ3) is 2.58. The standard InChI is InChI=1S/C14H18N2O3S/c1-15-20(18,19)13-4-2-3-12(8-13)16-14(17)11-6-9-5-10(9)7-11/h2-4,8-11,15H,5-7H2,1H3,(H,16,17). The van der Waals surface area contributed by atoms with E-state index in [4.69, 9.17) is 0 Å². The fourth-order valence-corrected chi connectivity index (χ4v) is 3.81. The molecule has 1 aromatic carbocycles. The first-order valence-electron chi connectivity index (χ1n) is 6.84. The van der Waals surface area contributed by atoms with Gasteiger partial charge in [0.05, 0.1) is 4.90 Å². The first kappa shape index (κ1) is 13.6. The molecule has 2 saturated carbocycles. The van der Waals surface area contributed by atoms with Crippen molar-refractivity contribution in [2.24, 2.45) is 17.8 Å². The molecule has 1 aromatic rings. The smallest absolute Gasteiger partial charge is 0.240 e. The van der Waals surface area contributed by atoms with Crippen LogP contribution in [0.15, 0.2) is 29.2 Å². The molecular weight excluding hydrogens is 276 g/mol. The van der Waals surface area contributed by atoms with Crippen molar-refractivity contribution in [3.05, 3.63) is 24.3 Å². The number of amides is 1. The van der Waals surface area contributed by atoms with E-state index in [0.29, 0.717) is 5.69 Å². The van der Waals surface area contributed by atoms with Crippen LogP contribution < -0.4 is 10.0 Å². The molecule has 3 rings (SSSR count). The number of anilines is 1. The van der Waals surface area contributed by atoms with Gasteiger partial charge >= 0.3 is 0 Å². The normalized spacial score (nSPS) is 27.9. The van der Waals surface area contributed by atoms with E-state index in [1.54, 1.807) is 12.1 Å². The van der Waals surface area contributed by atoms with E-state index in [2.05, 4.69) is 10.0 Å². The van der Waals surface area contributed by atoms with E-state index in [-0.39, 0.29) is 16.7 Å². The van der Waals surface area contributed by atoms with Gasteiger partial charge in [0.1, 0.15) is 0 Å². The highest BCUT2D eigenvalue weighted by Gasteiger charge is 2.47. The Morgan fingerprint density at radius 2 is 1.90 bits per heavy atom. The maximum absolute atomic E-state index is 12.1. The Morgan fingerprint density at radius 3 is 2.55 bits per heavy atom. The summed E-state index contributed by atoms with van der Waals surface area (Å²) < 4.78 is 25.7. The Bertz CT molecular complexity index is 632. The minimum Gasteiger partial charge on any atom is -0.326 e. The third-order valence-corrected chi connectivity index (χ3v) is 5.71. The molecular formula is C14H18N2O3S. The number of hydrogen-bond acceptors (Lipinski definition) is 3. The molecule has 2 fully saturated rings. The van der Waals surface area contributed by atoms with Crippen LogP contribution in [-0.2, 0) is 14.8 Å². The van der Waals surface area contributed by atoms with Crippen molar-refractivity contribution >= 4 is 21.6 Å². The Morgan fingerprint density at radius 1 is 1.20 bits per heavy atom. The molecule has 2 N–H and O–H groups in total. The minimum atomic E-state index is -3.48. The Hall–Kier alpha value is -1.40. The first-order chi connectivity index (χ1) is 9.49. The van der Waals surface area contributed by atoms with E-state index >= 15 is 0 Å². The predicted octanol–water partition coefficient (Wildman–Crippen LogP) is 1.58. The summed E-state index contributed by atoms with van der Waals surface area (Å²) >= 11 is 0. The summed E-state index contributed by atoms with van der Waals surface area (Å²) in [5.74, 6) is 1.60. The van der Waals surface area contributed by atoms with Crippen molar-refractivity contribution in [1.29, 1.82) is 0 Å². The molecule has 20 heavy (non-hydrogen) atoms. The van der Waals surface area contributed by atoms with Crippen LogP contribution in [0.2, 0.25) is 0 Å². The lowest BCUT2D eigenvalue weighted by molar-refractivity contribution is -0.120. The van der Waals surface area contributed by atoms with Gasteiger partial charge in [0, 0.05) is 11.6 Å². The monoisotopic (exact) mass is 294 g/mol. The molecule has 1 amide bonds. The largest absolute Gasteiger partial charge is 0.326 e. The third-order valence-electron chi connectivity index (χ3n) is 4.29. The molecule has 0 radical (unpaired) electrons. The molecule has 2 atom stereocenters. The quantitative estimate of drug-likeness (QED) is 0.885. The van der Waals surface area contributed by atoms with Crippen molar-refractivity contribution in [2.75, 3.05) is 12.4 Å². The molecule has 0 heterocycles. The fourth-order valence-electron chi connectivity index (χ4n) is 3.03. The average Bonchev–Trinajstić information content (AvgIpc) is 3.05. The van der Waals surface area contributed by atoms with E-state index in [9.17, 15) is 13.2 Å². The van der Waals surface area contributed by atoms with Crippen LogP contribution in [0.4, 0.5) is 5.69 Å². The maximum atomic E-state index is 12.1. The molecule has 0 bridgehead atoms. The summed E-state index contributed by atoms with van der Waals surface area (Å²) in [6.07, 6.45) is 3.23. The van der Waals surface area contributed by atoms with Crippen LogP contribution in [0.25, 0.3) is 0 Å². The molecule has 0 saturated heterocycles. The number of rotatable bonds is 4. The van der Waals surface area contributed by atoms with Gasteiger partial charge in [0.2, 0.25) is 15.9 Å². The van der Waals surface area contributed by atoms with E-state index < -0.39 is 10.0 Å². The van der Waals surface area contributed by atoms with Gasteiger partial charge < -0.3 is 5.32 Å². The van der Waals surface area contributed by atoms with Crippen LogP contribution in [0.5, 0.6) is 0 Å². The molecule has 108 valence electrons. The van der Waals surface area contributed by atoms with Crippen molar-refractivity contribution in [3.63, 3.8) is 0 Å². The lowest BCUT2D eigenvalue weighted by Crippen LogP contribution is -2.22. The molecule has 2 aliphatic rings. The maximum Gasteiger partial charge on any atom is 0.240 e. The van der Waals surface area contributed by atoms with Crippen molar-refractivity contribution < 1.29 is 13.2 Å². The van der Waals surface area contributed by atoms with E-state index in [1.807, 2.05) is 0 Å². The van der Waals surface area contributed by atoms with Crippen LogP contribution in [0, 0.1) is 17.8 Å². The van der Waals surface area contributed by atoms with Crippen molar-refractivity contribution in [3.8, 4) is 0 Å². The van der Waals surface area contributed by atoms with Gasteiger partial charge in [-0.3, -0.25) is 4.79 Å². The van der Waals surface area contributed by atoms with E-state index in [0.717, 1.165) is 24.7 Å². The number of sulfonamides is 1. The SMILES string of the molecule is CNS(=O)(=O)c1cccc(NC(=O)C2CC3CC3C2)c1. The Balaban J connectivity index is 1.71. The second kappa shape index (κ2) is 4.86. The number of hydrogen-bond donors (Lipinski definition) is 2. The second-order valence-electron chi connectivity index (χ2n) is 5.65. The summed E-state index contributed by atoms with van der Waals surface area (Å²) in [5, 5.41) is 2.83. The Labute approximate surface area is 118 Å². The molecule has 2 unspecified atom stereocenters.